The molecule has 2 aromatic carbocycles. The van der Waals surface area contributed by atoms with Gasteiger partial charge in [-0.25, -0.2) is 4.68 Å². The van der Waals surface area contributed by atoms with Crippen LogP contribution in [-0.4, -0.2) is 30.9 Å². The molecule has 0 fully saturated rings. The van der Waals surface area contributed by atoms with Gasteiger partial charge in [-0.3, -0.25) is 5.10 Å². The van der Waals surface area contributed by atoms with Crippen LogP contribution in [0.3, 0.4) is 0 Å². The quantitative estimate of drug-likeness (QED) is 0.349. The van der Waals surface area contributed by atoms with E-state index in [1.165, 1.54) is 0 Å². The molecule has 0 atom stereocenters. The first kappa shape index (κ1) is 17.3. The summed E-state index contributed by atoms with van der Waals surface area (Å²) in [7, 11) is 0. The molecule has 0 aliphatic rings. The van der Waals surface area contributed by atoms with Gasteiger partial charge in [0.25, 0.3) is 0 Å². The molecular formula is C21H16N6OS. The number of benzene rings is 2. The van der Waals surface area contributed by atoms with Crippen LogP contribution in [-0.2, 0) is 0 Å². The van der Waals surface area contributed by atoms with Gasteiger partial charge in [-0.1, -0.05) is 36.4 Å². The van der Waals surface area contributed by atoms with Crippen molar-refractivity contribution in [3.05, 3.63) is 83.0 Å². The first-order valence-electron chi connectivity index (χ1n) is 9.01. The minimum absolute atomic E-state index is 0.430. The number of aromatic nitrogens is 5. The van der Waals surface area contributed by atoms with Crippen molar-refractivity contribution in [2.45, 2.75) is 6.92 Å². The Labute approximate surface area is 170 Å². The smallest absolute Gasteiger partial charge is 0.216 e. The number of hydrogen-bond donors (Lipinski definition) is 1. The fraction of sp³-hybridized carbons (Fsp3) is 0.0476. The van der Waals surface area contributed by atoms with Crippen molar-refractivity contribution in [2.75, 3.05) is 0 Å². The molecule has 29 heavy (non-hydrogen) atoms. The second-order valence-electron chi connectivity index (χ2n) is 6.49. The zero-order valence-electron chi connectivity index (χ0n) is 15.5. The van der Waals surface area contributed by atoms with Gasteiger partial charge in [-0.2, -0.15) is 20.0 Å². The lowest BCUT2D eigenvalue weighted by Gasteiger charge is -1.98. The van der Waals surface area contributed by atoms with Gasteiger partial charge in [0.2, 0.25) is 4.77 Å². The Balaban J connectivity index is 1.65. The molecule has 0 saturated heterocycles. The summed E-state index contributed by atoms with van der Waals surface area (Å²) in [6.07, 6.45) is 3.63. The van der Waals surface area contributed by atoms with Crippen LogP contribution in [0.15, 0.2) is 76.4 Å². The Morgan fingerprint density at radius 2 is 1.90 bits per heavy atom. The maximum atomic E-state index is 6.05. The first-order chi connectivity index (χ1) is 14.2. The highest BCUT2D eigenvalue weighted by atomic mass is 32.1. The number of nitrogens with one attached hydrogen (secondary N) is 1. The second-order valence-corrected chi connectivity index (χ2v) is 6.88. The molecule has 8 heteroatoms. The highest BCUT2D eigenvalue weighted by molar-refractivity contribution is 7.71. The van der Waals surface area contributed by atoms with Crippen molar-refractivity contribution in [1.82, 2.24) is 24.7 Å². The predicted octanol–water partition coefficient (Wildman–Crippen LogP) is 4.73. The lowest BCUT2D eigenvalue weighted by atomic mass is 10.2. The van der Waals surface area contributed by atoms with Gasteiger partial charge < -0.3 is 4.42 Å². The van der Waals surface area contributed by atoms with E-state index in [4.69, 9.17) is 21.7 Å². The van der Waals surface area contributed by atoms with Crippen LogP contribution in [0.5, 0.6) is 0 Å². The molecule has 0 spiro atoms. The molecule has 5 rings (SSSR count). The summed E-state index contributed by atoms with van der Waals surface area (Å²) in [4.78, 5) is 0. The highest BCUT2D eigenvalue weighted by Gasteiger charge is 2.15. The van der Waals surface area contributed by atoms with Crippen molar-refractivity contribution in [2.24, 2.45) is 5.10 Å². The number of H-pyrrole nitrogens is 1. The summed E-state index contributed by atoms with van der Waals surface area (Å²) >= 11 is 5.23. The standard InChI is InChI=1S/C21H16N6OS/c1-14-23-24-21(29)27(14)22-12-16-13-26(17-8-3-2-4-9-17)25-20(16)19-11-15-7-5-6-10-18(15)28-19/h2-13H,1H3,(H,24,29)/b22-12-. The summed E-state index contributed by atoms with van der Waals surface area (Å²) in [5.74, 6) is 1.35. The van der Waals surface area contributed by atoms with Crippen LogP contribution < -0.4 is 0 Å². The van der Waals surface area contributed by atoms with E-state index >= 15 is 0 Å². The largest absolute Gasteiger partial charge is 0.454 e. The summed E-state index contributed by atoms with van der Waals surface area (Å²) in [5.41, 5.74) is 3.25. The molecule has 7 nitrogen and oxygen atoms in total. The Kier molecular flexibility index (Phi) is 4.18. The lowest BCUT2D eigenvalue weighted by molar-refractivity contribution is 0.627. The number of para-hydroxylation sites is 2. The fourth-order valence-corrected chi connectivity index (χ4v) is 3.34. The Hall–Kier alpha value is -3.78. The monoisotopic (exact) mass is 400 g/mol. The molecule has 0 aliphatic heterocycles. The van der Waals surface area contributed by atoms with Gasteiger partial charge >= 0.3 is 0 Å². The van der Waals surface area contributed by atoms with Gasteiger partial charge in [0.1, 0.15) is 17.1 Å². The molecule has 0 aliphatic carbocycles. The van der Waals surface area contributed by atoms with Gasteiger partial charge in [0, 0.05) is 17.1 Å². The van der Waals surface area contributed by atoms with E-state index in [-0.39, 0.29) is 0 Å². The van der Waals surface area contributed by atoms with Crippen molar-refractivity contribution in [1.29, 1.82) is 0 Å². The maximum Gasteiger partial charge on any atom is 0.216 e. The normalized spacial score (nSPS) is 11.6. The summed E-state index contributed by atoms with van der Waals surface area (Å²) < 4.78 is 9.85. The lowest BCUT2D eigenvalue weighted by Crippen LogP contribution is -1.94. The van der Waals surface area contributed by atoms with E-state index in [9.17, 15) is 0 Å². The molecule has 0 amide bonds. The summed E-state index contributed by atoms with van der Waals surface area (Å²) in [5, 5.41) is 17.1. The molecule has 3 aromatic heterocycles. The SMILES string of the molecule is Cc1n[nH]c(=S)n1/N=C\c1cn(-c2ccccc2)nc1-c1cc2ccccc2o1. The van der Waals surface area contributed by atoms with E-state index in [1.807, 2.05) is 78.5 Å². The summed E-state index contributed by atoms with van der Waals surface area (Å²) in [6, 6.07) is 19.8. The topological polar surface area (TPSA) is 76.9 Å². The minimum Gasteiger partial charge on any atom is -0.454 e. The molecule has 0 radical (unpaired) electrons. The minimum atomic E-state index is 0.430. The van der Waals surface area contributed by atoms with Crippen LogP contribution in [0, 0.1) is 11.7 Å². The van der Waals surface area contributed by atoms with Crippen molar-refractivity contribution in [3.63, 3.8) is 0 Å². The van der Waals surface area contributed by atoms with Crippen molar-refractivity contribution in [3.8, 4) is 17.1 Å². The van der Waals surface area contributed by atoms with E-state index in [0.29, 0.717) is 22.0 Å². The number of aryl methyl sites for hydroxylation is 1. The molecular weight excluding hydrogens is 384 g/mol. The van der Waals surface area contributed by atoms with Gasteiger partial charge in [0.15, 0.2) is 5.76 Å². The predicted molar refractivity (Wildman–Crippen MR) is 114 cm³/mol. The van der Waals surface area contributed by atoms with Gasteiger partial charge in [-0.05, 0) is 43.4 Å². The second kappa shape index (κ2) is 6.99. The van der Waals surface area contributed by atoms with E-state index < -0.39 is 0 Å². The average molecular weight is 400 g/mol. The zero-order chi connectivity index (χ0) is 19.8. The maximum absolute atomic E-state index is 6.05. The van der Waals surface area contributed by atoms with E-state index in [1.54, 1.807) is 10.9 Å². The number of furan rings is 1. The third-order valence-corrected chi connectivity index (χ3v) is 4.81. The van der Waals surface area contributed by atoms with Crippen LogP contribution in [0.4, 0.5) is 0 Å². The Morgan fingerprint density at radius 1 is 1.10 bits per heavy atom. The molecule has 0 unspecified atom stereocenters. The Morgan fingerprint density at radius 3 is 2.66 bits per heavy atom. The summed E-state index contributed by atoms with van der Waals surface area (Å²) in [6.45, 7) is 1.83. The number of aromatic amines is 1. The van der Waals surface area contributed by atoms with Crippen LogP contribution in [0.2, 0.25) is 0 Å². The van der Waals surface area contributed by atoms with Crippen molar-refractivity contribution >= 4 is 29.4 Å². The molecule has 3 heterocycles. The zero-order valence-corrected chi connectivity index (χ0v) is 16.3. The molecule has 0 saturated carbocycles. The van der Waals surface area contributed by atoms with Crippen LogP contribution in [0.1, 0.15) is 11.4 Å². The van der Waals surface area contributed by atoms with Crippen molar-refractivity contribution < 1.29 is 4.42 Å². The number of nitrogens with zero attached hydrogens (tertiary/aromatic N) is 5. The molecule has 1 N–H and O–H groups in total. The molecule has 142 valence electrons. The van der Waals surface area contributed by atoms with E-state index in [2.05, 4.69) is 15.3 Å². The number of hydrogen-bond acceptors (Lipinski definition) is 5. The van der Waals surface area contributed by atoms with Gasteiger partial charge in [0.05, 0.1) is 11.9 Å². The Bertz CT molecular complexity index is 1360. The van der Waals surface area contributed by atoms with Gasteiger partial charge in [-0.15, -0.1) is 0 Å². The molecule has 5 aromatic rings. The third-order valence-electron chi connectivity index (χ3n) is 4.55. The fourth-order valence-electron chi connectivity index (χ4n) is 3.11. The number of rotatable bonds is 4. The van der Waals surface area contributed by atoms with E-state index in [0.717, 1.165) is 22.2 Å². The highest BCUT2D eigenvalue weighted by Crippen LogP contribution is 2.29. The average Bonchev–Trinajstić information content (AvgIpc) is 3.44. The van der Waals surface area contributed by atoms with Crippen LogP contribution in [0.25, 0.3) is 28.1 Å². The molecule has 0 bridgehead atoms. The van der Waals surface area contributed by atoms with Crippen LogP contribution >= 0.6 is 12.2 Å². The number of fused-ring (bicyclic) bond motifs is 1. The first-order valence-corrected chi connectivity index (χ1v) is 9.42. The third kappa shape index (κ3) is 3.19.